The van der Waals surface area contributed by atoms with Gasteiger partial charge in [-0.3, -0.25) is 4.79 Å². The standard InChI is InChI=1S/C16H19BF3NO2/c17-13-3-2-11-4-7-15(6-1-9-22,8-5-12(11)10-13)21-14(23)16(18,19)20/h2-3,10,22H,1,4-9H2,(H,21,23). The van der Waals surface area contributed by atoms with Gasteiger partial charge >= 0.3 is 12.1 Å². The third kappa shape index (κ3) is 4.50. The van der Waals surface area contributed by atoms with Crippen molar-refractivity contribution < 1.29 is 23.1 Å². The number of alkyl halides is 3. The topological polar surface area (TPSA) is 49.3 Å². The predicted molar refractivity (Wildman–Crippen MR) is 81.7 cm³/mol. The van der Waals surface area contributed by atoms with E-state index >= 15 is 0 Å². The summed E-state index contributed by atoms with van der Waals surface area (Å²) in [6.45, 7) is -0.121. The summed E-state index contributed by atoms with van der Waals surface area (Å²) in [5.74, 6) is -1.92. The summed E-state index contributed by atoms with van der Waals surface area (Å²) in [5.41, 5.74) is 1.72. The summed E-state index contributed by atoms with van der Waals surface area (Å²) in [6, 6.07) is 5.50. The van der Waals surface area contributed by atoms with E-state index in [0.29, 0.717) is 44.0 Å². The molecule has 1 aromatic carbocycles. The van der Waals surface area contributed by atoms with Gasteiger partial charge in [-0.1, -0.05) is 23.7 Å². The number of nitrogens with one attached hydrogen (secondary N) is 1. The molecule has 0 fully saturated rings. The van der Waals surface area contributed by atoms with Crippen LogP contribution in [0.5, 0.6) is 0 Å². The Morgan fingerprint density at radius 1 is 1.26 bits per heavy atom. The van der Waals surface area contributed by atoms with E-state index in [-0.39, 0.29) is 6.61 Å². The maximum atomic E-state index is 12.6. The third-order valence-corrected chi connectivity index (χ3v) is 4.43. The Morgan fingerprint density at radius 2 is 1.91 bits per heavy atom. The molecule has 1 unspecified atom stereocenters. The molecular formula is C16H19BF3NO2. The molecule has 7 heteroatoms. The van der Waals surface area contributed by atoms with Crippen LogP contribution in [0.3, 0.4) is 0 Å². The maximum Gasteiger partial charge on any atom is 0.471 e. The first-order chi connectivity index (χ1) is 10.8. The second-order valence-electron chi connectivity index (χ2n) is 6.09. The number of carbonyl (C=O) groups is 1. The van der Waals surface area contributed by atoms with Gasteiger partial charge in [0.15, 0.2) is 0 Å². The molecule has 1 aliphatic carbocycles. The average Bonchev–Trinajstić information content (AvgIpc) is 2.65. The van der Waals surface area contributed by atoms with E-state index < -0.39 is 17.6 Å². The van der Waals surface area contributed by atoms with Gasteiger partial charge in [0.05, 0.1) is 0 Å². The number of hydrogen-bond donors (Lipinski definition) is 2. The number of amides is 1. The predicted octanol–water partition coefficient (Wildman–Crippen LogP) is 1.55. The van der Waals surface area contributed by atoms with Crippen LogP contribution >= 0.6 is 0 Å². The number of aliphatic hydroxyl groups excluding tert-OH is 1. The van der Waals surface area contributed by atoms with Crippen molar-refractivity contribution in [2.45, 2.75) is 50.2 Å². The molecule has 2 N–H and O–H groups in total. The molecule has 2 rings (SSSR count). The third-order valence-electron chi connectivity index (χ3n) is 4.43. The van der Waals surface area contributed by atoms with Crippen LogP contribution in [0.2, 0.25) is 0 Å². The van der Waals surface area contributed by atoms with Gasteiger partial charge in [-0.15, -0.1) is 0 Å². The summed E-state index contributed by atoms with van der Waals surface area (Å²) >= 11 is 0. The fourth-order valence-electron chi connectivity index (χ4n) is 3.16. The van der Waals surface area contributed by atoms with Crippen molar-refractivity contribution in [3.63, 3.8) is 0 Å². The van der Waals surface area contributed by atoms with Crippen molar-refractivity contribution in [2.24, 2.45) is 0 Å². The number of aryl methyl sites for hydroxylation is 2. The van der Waals surface area contributed by atoms with E-state index in [2.05, 4.69) is 5.32 Å². The number of halogens is 3. The van der Waals surface area contributed by atoms with Crippen LogP contribution in [-0.2, 0) is 17.6 Å². The summed E-state index contributed by atoms with van der Waals surface area (Å²) < 4.78 is 37.9. The van der Waals surface area contributed by atoms with Crippen LogP contribution in [0.15, 0.2) is 18.2 Å². The van der Waals surface area contributed by atoms with Gasteiger partial charge in [0.1, 0.15) is 7.85 Å². The average molecular weight is 325 g/mol. The lowest BCUT2D eigenvalue weighted by Gasteiger charge is -2.34. The number of benzene rings is 1. The van der Waals surface area contributed by atoms with E-state index in [9.17, 15) is 18.0 Å². The highest BCUT2D eigenvalue weighted by molar-refractivity contribution is 6.32. The summed E-state index contributed by atoms with van der Waals surface area (Å²) in [5, 5.41) is 11.2. The number of hydrogen-bond acceptors (Lipinski definition) is 2. The van der Waals surface area contributed by atoms with Crippen LogP contribution < -0.4 is 10.8 Å². The molecule has 23 heavy (non-hydrogen) atoms. The van der Waals surface area contributed by atoms with Crippen molar-refractivity contribution in [1.29, 1.82) is 0 Å². The highest BCUT2D eigenvalue weighted by Gasteiger charge is 2.44. The second-order valence-corrected chi connectivity index (χ2v) is 6.09. The van der Waals surface area contributed by atoms with Crippen LogP contribution in [0.25, 0.3) is 0 Å². The largest absolute Gasteiger partial charge is 0.471 e. The zero-order valence-electron chi connectivity index (χ0n) is 12.7. The number of aliphatic hydroxyl groups is 1. The molecule has 0 saturated carbocycles. The molecule has 0 saturated heterocycles. The summed E-state index contributed by atoms with van der Waals surface area (Å²) in [4.78, 5) is 11.4. The molecule has 0 heterocycles. The zero-order valence-corrected chi connectivity index (χ0v) is 12.7. The molecule has 2 radical (unpaired) electrons. The smallest absolute Gasteiger partial charge is 0.396 e. The Balaban J connectivity index is 2.21. The van der Waals surface area contributed by atoms with Gasteiger partial charge in [-0.25, -0.2) is 0 Å². The van der Waals surface area contributed by atoms with Crippen molar-refractivity contribution in [3.8, 4) is 0 Å². The highest BCUT2D eigenvalue weighted by atomic mass is 19.4. The molecule has 3 nitrogen and oxygen atoms in total. The van der Waals surface area contributed by atoms with E-state index in [1.165, 1.54) is 0 Å². The first-order valence-corrected chi connectivity index (χ1v) is 7.63. The first-order valence-electron chi connectivity index (χ1n) is 7.63. The molecule has 0 aromatic heterocycles. The van der Waals surface area contributed by atoms with Gasteiger partial charge in [0.25, 0.3) is 0 Å². The van der Waals surface area contributed by atoms with Crippen molar-refractivity contribution in [3.05, 3.63) is 29.3 Å². The zero-order chi connectivity index (χ0) is 17.1. The van der Waals surface area contributed by atoms with Gasteiger partial charge in [-0.2, -0.15) is 13.2 Å². The Hall–Kier alpha value is -1.50. The van der Waals surface area contributed by atoms with E-state index in [1.54, 1.807) is 6.07 Å². The van der Waals surface area contributed by atoms with Crippen LogP contribution in [-0.4, -0.2) is 37.2 Å². The minimum atomic E-state index is -4.91. The summed E-state index contributed by atoms with van der Waals surface area (Å²) in [6.07, 6.45) is -2.33. The molecular weight excluding hydrogens is 306 g/mol. The monoisotopic (exact) mass is 325 g/mol. The highest BCUT2D eigenvalue weighted by Crippen LogP contribution is 2.32. The van der Waals surface area contributed by atoms with Gasteiger partial charge < -0.3 is 10.4 Å². The molecule has 1 aliphatic rings. The van der Waals surface area contributed by atoms with Crippen LogP contribution in [0, 0.1) is 0 Å². The second kappa shape index (κ2) is 6.95. The maximum absolute atomic E-state index is 12.6. The van der Waals surface area contributed by atoms with E-state index in [1.807, 2.05) is 12.1 Å². The van der Waals surface area contributed by atoms with E-state index in [0.717, 1.165) is 11.1 Å². The van der Waals surface area contributed by atoms with Crippen molar-refractivity contribution >= 4 is 19.2 Å². The van der Waals surface area contributed by atoms with Gasteiger partial charge in [-0.05, 0) is 49.7 Å². The summed E-state index contributed by atoms with van der Waals surface area (Å²) in [7, 11) is 5.77. The molecule has 0 spiro atoms. The minimum absolute atomic E-state index is 0.121. The molecule has 1 atom stereocenters. The van der Waals surface area contributed by atoms with Gasteiger partial charge in [0, 0.05) is 12.1 Å². The first kappa shape index (κ1) is 17.9. The lowest BCUT2D eigenvalue weighted by molar-refractivity contribution is -0.176. The number of fused-ring (bicyclic) bond motifs is 1. The molecule has 124 valence electrons. The molecule has 0 aliphatic heterocycles. The normalized spacial score (nSPS) is 21.4. The van der Waals surface area contributed by atoms with Crippen LogP contribution in [0.4, 0.5) is 13.2 Å². The minimum Gasteiger partial charge on any atom is -0.396 e. The fraction of sp³-hybridized carbons (Fsp3) is 0.562. The lowest BCUT2D eigenvalue weighted by atomic mass is 9.85. The fourth-order valence-corrected chi connectivity index (χ4v) is 3.16. The Bertz CT molecular complexity index is 577. The quantitative estimate of drug-likeness (QED) is 0.652. The Morgan fingerprint density at radius 3 is 2.52 bits per heavy atom. The Kier molecular flexibility index (Phi) is 5.39. The SMILES string of the molecule is [B]c1ccc2c(c1)CCC(CCCO)(NC(=O)C(F)(F)F)CC2. The number of rotatable bonds is 4. The molecule has 0 bridgehead atoms. The number of carbonyl (C=O) groups excluding carboxylic acids is 1. The Labute approximate surface area is 134 Å². The molecule has 1 aromatic rings. The lowest BCUT2D eigenvalue weighted by Crippen LogP contribution is -2.53. The van der Waals surface area contributed by atoms with Crippen molar-refractivity contribution in [2.75, 3.05) is 6.61 Å². The molecule has 1 amide bonds. The van der Waals surface area contributed by atoms with Crippen molar-refractivity contribution in [1.82, 2.24) is 5.32 Å². The van der Waals surface area contributed by atoms with Crippen LogP contribution in [0.1, 0.15) is 36.8 Å². The van der Waals surface area contributed by atoms with Gasteiger partial charge in [0.2, 0.25) is 0 Å². The van der Waals surface area contributed by atoms with E-state index in [4.69, 9.17) is 13.0 Å².